The minimum Gasteiger partial charge on any atom is -0.464 e. The summed E-state index contributed by atoms with van der Waals surface area (Å²) in [4.78, 5) is 39.8. The van der Waals surface area contributed by atoms with Crippen molar-refractivity contribution in [2.75, 3.05) is 10.2 Å². The zero-order valence-electron chi connectivity index (χ0n) is 17.9. The molecule has 0 aliphatic carbocycles. The van der Waals surface area contributed by atoms with Gasteiger partial charge in [0.25, 0.3) is 5.91 Å². The van der Waals surface area contributed by atoms with Crippen molar-refractivity contribution in [1.82, 2.24) is 0 Å². The van der Waals surface area contributed by atoms with Gasteiger partial charge in [-0.05, 0) is 51.5 Å². The van der Waals surface area contributed by atoms with Crippen LogP contribution < -0.4 is 10.2 Å². The van der Waals surface area contributed by atoms with E-state index >= 15 is 0 Å². The molecule has 2 aromatic carbocycles. The number of rotatable bonds is 4. The SMILES string of the molecule is Cc1ccc2c(CC(=O)O[C@H](C)C(=O)N3c4ccccc4NC(=O)C3(C)C)coc2c1. The number of nitrogens with zero attached hydrogens (tertiary/aromatic N) is 1. The first-order chi connectivity index (χ1) is 14.7. The van der Waals surface area contributed by atoms with Gasteiger partial charge in [-0.1, -0.05) is 24.3 Å². The summed E-state index contributed by atoms with van der Waals surface area (Å²) in [7, 11) is 0. The maximum atomic E-state index is 13.3. The van der Waals surface area contributed by atoms with E-state index in [0.29, 0.717) is 22.5 Å². The van der Waals surface area contributed by atoms with Crippen LogP contribution in [0, 0.1) is 6.92 Å². The van der Waals surface area contributed by atoms with Crippen molar-refractivity contribution in [2.45, 2.75) is 45.8 Å². The highest BCUT2D eigenvalue weighted by Crippen LogP contribution is 2.37. The number of esters is 1. The Morgan fingerprint density at radius 3 is 2.71 bits per heavy atom. The molecule has 2 amide bonds. The Labute approximate surface area is 180 Å². The molecule has 3 aromatic rings. The van der Waals surface area contributed by atoms with E-state index in [4.69, 9.17) is 9.15 Å². The van der Waals surface area contributed by atoms with Crippen molar-refractivity contribution >= 4 is 40.1 Å². The first kappa shape index (κ1) is 20.7. The molecule has 1 aliphatic heterocycles. The first-order valence-electron chi connectivity index (χ1n) is 10.1. The molecule has 1 aliphatic rings. The summed E-state index contributed by atoms with van der Waals surface area (Å²) in [6.45, 7) is 6.79. The fourth-order valence-corrected chi connectivity index (χ4v) is 3.80. The first-order valence-corrected chi connectivity index (χ1v) is 10.1. The van der Waals surface area contributed by atoms with Gasteiger partial charge < -0.3 is 14.5 Å². The molecular weight excluding hydrogens is 396 g/mol. The van der Waals surface area contributed by atoms with Gasteiger partial charge in [0.2, 0.25) is 5.91 Å². The van der Waals surface area contributed by atoms with E-state index in [1.807, 2.05) is 25.1 Å². The van der Waals surface area contributed by atoms with Gasteiger partial charge in [-0.15, -0.1) is 0 Å². The molecule has 0 fully saturated rings. The normalized spacial score (nSPS) is 15.9. The molecule has 0 saturated carbocycles. The smallest absolute Gasteiger partial charge is 0.311 e. The Hall–Kier alpha value is -3.61. The second-order valence-corrected chi connectivity index (χ2v) is 8.27. The zero-order chi connectivity index (χ0) is 22.3. The maximum absolute atomic E-state index is 13.3. The maximum Gasteiger partial charge on any atom is 0.311 e. The van der Waals surface area contributed by atoms with Gasteiger partial charge in [0.15, 0.2) is 6.10 Å². The van der Waals surface area contributed by atoms with Crippen LogP contribution in [0.2, 0.25) is 0 Å². The lowest BCUT2D eigenvalue weighted by Gasteiger charge is -2.42. The van der Waals surface area contributed by atoms with Crippen molar-refractivity contribution in [1.29, 1.82) is 0 Å². The molecule has 1 N–H and O–H groups in total. The second kappa shape index (κ2) is 7.58. The van der Waals surface area contributed by atoms with E-state index in [-0.39, 0.29) is 12.3 Å². The van der Waals surface area contributed by atoms with Crippen molar-refractivity contribution in [3.63, 3.8) is 0 Å². The number of carbonyl (C=O) groups is 3. The van der Waals surface area contributed by atoms with Crippen molar-refractivity contribution in [2.24, 2.45) is 0 Å². The fraction of sp³-hybridized carbons (Fsp3) is 0.292. The van der Waals surface area contributed by atoms with Crippen LogP contribution in [0.5, 0.6) is 0 Å². The van der Waals surface area contributed by atoms with Crippen LogP contribution in [0.15, 0.2) is 53.1 Å². The molecule has 1 atom stereocenters. The van der Waals surface area contributed by atoms with E-state index < -0.39 is 23.5 Å². The van der Waals surface area contributed by atoms with Gasteiger partial charge in [-0.25, -0.2) is 0 Å². The van der Waals surface area contributed by atoms with Crippen LogP contribution in [0.1, 0.15) is 31.9 Å². The number of furan rings is 1. The summed E-state index contributed by atoms with van der Waals surface area (Å²) in [5.74, 6) is -1.32. The lowest BCUT2D eigenvalue weighted by Crippen LogP contribution is -2.60. The van der Waals surface area contributed by atoms with E-state index in [1.54, 1.807) is 38.1 Å². The minimum absolute atomic E-state index is 0.0197. The van der Waals surface area contributed by atoms with E-state index in [1.165, 1.54) is 18.1 Å². The summed E-state index contributed by atoms with van der Waals surface area (Å²) in [6, 6.07) is 12.8. The molecular formula is C24H24N2O5. The molecule has 0 saturated heterocycles. The highest BCUT2D eigenvalue weighted by Gasteiger charge is 2.45. The van der Waals surface area contributed by atoms with Gasteiger partial charge in [-0.3, -0.25) is 19.3 Å². The minimum atomic E-state index is -1.13. The van der Waals surface area contributed by atoms with Crippen LogP contribution in [0.3, 0.4) is 0 Å². The Balaban J connectivity index is 1.52. The van der Waals surface area contributed by atoms with Crippen molar-refractivity contribution in [3.05, 3.63) is 59.9 Å². The number of fused-ring (bicyclic) bond motifs is 2. The predicted octanol–water partition coefficient (Wildman–Crippen LogP) is 3.98. The molecule has 7 nitrogen and oxygen atoms in total. The number of hydrogen-bond donors (Lipinski definition) is 1. The topological polar surface area (TPSA) is 88.9 Å². The van der Waals surface area contributed by atoms with Gasteiger partial charge in [0, 0.05) is 10.9 Å². The molecule has 0 unspecified atom stereocenters. The average molecular weight is 420 g/mol. The summed E-state index contributed by atoms with van der Waals surface area (Å²) in [5.41, 5.74) is 2.43. The number of carbonyl (C=O) groups excluding carboxylic acids is 3. The van der Waals surface area contributed by atoms with Crippen molar-refractivity contribution in [3.8, 4) is 0 Å². The summed E-state index contributed by atoms with van der Waals surface area (Å²) in [5, 5.41) is 3.65. The van der Waals surface area contributed by atoms with Crippen LogP contribution in [-0.4, -0.2) is 29.4 Å². The molecule has 1 aromatic heterocycles. The molecule has 0 radical (unpaired) electrons. The molecule has 160 valence electrons. The Morgan fingerprint density at radius 1 is 1.19 bits per heavy atom. The monoisotopic (exact) mass is 420 g/mol. The number of amides is 2. The van der Waals surface area contributed by atoms with Crippen LogP contribution >= 0.6 is 0 Å². The number of benzene rings is 2. The Morgan fingerprint density at radius 2 is 1.94 bits per heavy atom. The van der Waals surface area contributed by atoms with Crippen molar-refractivity contribution < 1.29 is 23.5 Å². The summed E-state index contributed by atoms with van der Waals surface area (Å²) in [6.07, 6.45) is 0.450. The zero-order valence-corrected chi connectivity index (χ0v) is 17.9. The number of aryl methyl sites for hydroxylation is 1. The lowest BCUT2D eigenvalue weighted by molar-refractivity contribution is -0.153. The third-order valence-electron chi connectivity index (χ3n) is 5.53. The summed E-state index contributed by atoms with van der Waals surface area (Å²) < 4.78 is 11.0. The van der Waals surface area contributed by atoms with Gasteiger partial charge >= 0.3 is 5.97 Å². The molecule has 7 heteroatoms. The van der Waals surface area contributed by atoms with E-state index in [2.05, 4.69) is 5.32 Å². The largest absolute Gasteiger partial charge is 0.464 e. The number of ether oxygens (including phenoxy) is 1. The number of hydrogen-bond acceptors (Lipinski definition) is 5. The highest BCUT2D eigenvalue weighted by atomic mass is 16.5. The molecule has 0 bridgehead atoms. The average Bonchev–Trinajstić information content (AvgIpc) is 3.09. The van der Waals surface area contributed by atoms with Crippen LogP contribution in [-0.2, 0) is 25.5 Å². The number of para-hydroxylation sites is 2. The second-order valence-electron chi connectivity index (χ2n) is 8.27. The quantitative estimate of drug-likeness (QED) is 0.645. The molecule has 2 heterocycles. The third kappa shape index (κ3) is 3.67. The van der Waals surface area contributed by atoms with Crippen LogP contribution in [0.4, 0.5) is 11.4 Å². The number of nitrogens with one attached hydrogen (secondary N) is 1. The Bertz CT molecular complexity index is 1190. The van der Waals surface area contributed by atoms with Gasteiger partial charge in [-0.2, -0.15) is 0 Å². The number of anilines is 2. The third-order valence-corrected chi connectivity index (χ3v) is 5.53. The molecule has 0 spiro atoms. The standard InChI is InChI=1S/C24H24N2O5/c1-14-9-10-17-16(13-30-20(17)11-14)12-21(27)31-15(2)22(28)26-19-8-6-5-7-18(19)25-23(29)24(26,3)4/h5-11,13,15H,12H2,1-4H3,(H,25,29)/t15-/m1/s1. The van der Waals surface area contributed by atoms with Crippen LogP contribution in [0.25, 0.3) is 11.0 Å². The van der Waals surface area contributed by atoms with E-state index in [0.717, 1.165) is 10.9 Å². The summed E-state index contributed by atoms with van der Waals surface area (Å²) >= 11 is 0. The predicted molar refractivity (Wildman–Crippen MR) is 117 cm³/mol. The lowest BCUT2D eigenvalue weighted by atomic mass is 9.95. The highest BCUT2D eigenvalue weighted by molar-refractivity contribution is 6.15. The Kier molecular flexibility index (Phi) is 5.05. The van der Waals surface area contributed by atoms with Gasteiger partial charge in [0.1, 0.15) is 11.1 Å². The molecule has 31 heavy (non-hydrogen) atoms. The van der Waals surface area contributed by atoms with E-state index in [9.17, 15) is 14.4 Å². The fourth-order valence-electron chi connectivity index (χ4n) is 3.80. The van der Waals surface area contributed by atoms with Gasteiger partial charge in [0.05, 0.1) is 24.1 Å². The molecule has 4 rings (SSSR count).